The highest BCUT2D eigenvalue weighted by molar-refractivity contribution is 6.34. The van der Waals surface area contributed by atoms with Gasteiger partial charge in [0.05, 0.1) is 17.3 Å². The lowest BCUT2D eigenvalue weighted by atomic mass is 9.93. The Morgan fingerprint density at radius 2 is 2.03 bits per heavy atom. The van der Waals surface area contributed by atoms with Crippen LogP contribution in [0.5, 0.6) is 0 Å². The van der Waals surface area contributed by atoms with E-state index in [0.717, 1.165) is 31.2 Å². The zero-order chi connectivity index (χ0) is 20.4. The Bertz CT molecular complexity index is 932. The normalized spacial score (nSPS) is 21.1. The largest absolute Gasteiger partial charge is 0.446 e. The van der Waals surface area contributed by atoms with E-state index in [1.165, 1.54) is 0 Å². The average Bonchev–Trinajstić information content (AvgIpc) is 2.69. The van der Waals surface area contributed by atoms with Gasteiger partial charge in [-0.2, -0.15) is 4.98 Å². The molecule has 0 spiro atoms. The van der Waals surface area contributed by atoms with Gasteiger partial charge in [-0.25, -0.2) is 14.6 Å². The maximum atomic E-state index is 12.6. The molecule has 1 saturated carbocycles. The minimum absolute atomic E-state index is 0.134. The van der Waals surface area contributed by atoms with Crippen LogP contribution in [0.15, 0.2) is 30.5 Å². The smallest absolute Gasteiger partial charge is 0.404 e. The molecule has 4 N–H and O–H groups in total. The summed E-state index contributed by atoms with van der Waals surface area (Å²) in [7, 11) is 0. The topological polar surface area (TPSA) is 122 Å². The maximum Gasteiger partial charge on any atom is 0.404 e. The van der Waals surface area contributed by atoms with Gasteiger partial charge in [-0.3, -0.25) is 10.2 Å². The third kappa shape index (κ3) is 4.34. The zero-order valence-corrected chi connectivity index (χ0v) is 16.4. The molecule has 0 unspecified atom stereocenters. The summed E-state index contributed by atoms with van der Waals surface area (Å²) in [6.45, 7) is 0.334. The van der Waals surface area contributed by atoms with Crippen molar-refractivity contribution in [2.24, 2.45) is 5.73 Å². The number of nitrogens with zero attached hydrogens (tertiary/aromatic N) is 3. The highest BCUT2D eigenvalue weighted by Crippen LogP contribution is 2.31. The van der Waals surface area contributed by atoms with Gasteiger partial charge in [0.15, 0.2) is 0 Å². The van der Waals surface area contributed by atoms with Crippen LogP contribution < -0.4 is 21.3 Å². The van der Waals surface area contributed by atoms with Crippen molar-refractivity contribution in [1.29, 1.82) is 0 Å². The van der Waals surface area contributed by atoms with E-state index in [1.54, 1.807) is 23.2 Å². The van der Waals surface area contributed by atoms with Gasteiger partial charge in [0.2, 0.25) is 5.95 Å². The van der Waals surface area contributed by atoms with Crippen molar-refractivity contribution in [3.8, 4) is 0 Å². The molecule has 0 atom stereocenters. The summed E-state index contributed by atoms with van der Waals surface area (Å²) < 4.78 is 5.05. The molecule has 152 valence electrons. The molecule has 3 amide bonds. The van der Waals surface area contributed by atoms with Crippen LogP contribution in [-0.2, 0) is 11.3 Å². The predicted molar refractivity (Wildman–Crippen MR) is 109 cm³/mol. The summed E-state index contributed by atoms with van der Waals surface area (Å²) in [6, 6.07) is 7.06. The lowest BCUT2D eigenvalue weighted by molar-refractivity contribution is 0.0805. The van der Waals surface area contributed by atoms with Gasteiger partial charge in [0.1, 0.15) is 11.9 Å². The second kappa shape index (κ2) is 8.12. The molecule has 0 radical (unpaired) electrons. The molecule has 1 aliphatic carbocycles. The highest BCUT2D eigenvalue weighted by Gasteiger charge is 2.28. The van der Waals surface area contributed by atoms with Crippen LogP contribution >= 0.6 is 11.6 Å². The second-order valence-electron chi connectivity index (χ2n) is 7.09. The monoisotopic (exact) mass is 416 g/mol. The fraction of sp³-hybridized carbons (Fsp3) is 0.368. The van der Waals surface area contributed by atoms with Crippen molar-refractivity contribution in [2.45, 2.75) is 44.4 Å². The molecule has 0 saturated heterocycles. The van der Waals surface area contributed by atoms with Crippen LogP contribution in [0.25, 0.3) is 0 Å². The number of urea groups is 1. The first-order valence-corrected chi connectivity index (χ1v) is 9.79. The summed E-state index contributed by atoms with van der Waals surface area (Å²) in [5.74, 6) is 0.941. The molecule has 1 aromatic heterocycles. The molecule has 1 aliphatic heterocycles. The van der Waals surface area contributed by atoms with E-state index in [1.807, 2.05) is 12.1 Å². The maximum absolute atomic E-state index is 12.6. The lowest BCUT2D eigenvalue weighted by Gasteiger charge is -2.30. The fourth-order valence-corrected chi connectivity index (χ4v) is 3.89. The van der Waals surface area contributed by atoms with E-state index in [0.29, 0.717) is 29.0 Å². The SMILES string of the molecule is NC(=O)OC1CCC(Nc2ncc3c(n2)NC(=O)N(c2ccccc2Cl)C3)CC1. The number of anilines is 3. The quantitative estimate of drug-likeness (QED) is 0.701. The van der Waals surface area contributed by atoms with Crippen molar-refractivity contribution in [1.82, 2.24) is 9.97 Å². The summed E-state index contributed by atoms with van der Waals surface area (Å²) in [5.41, 5.74) is 6.50. The molecule has 4 rings (SSSR count). The molecular formula is C19H21ClN6O3. The molecule has 2 aromatic rings. The third-order valence-corrected chi connectivity index (χ3v) is 5.42. The Kier molecular flexibility index (Phi) is 5.39. The van der Waals surface area contributed by atoms with Crippen LogP contribution in [0, 0.1) is 0 Å². The number of nitrogens with one attached hydrogen (secondary N) is 2. The minimum Gasteiger partial charge on any atom is -0.446 e. The number of carbonyl (C=O) groups is 2. The summed E-state index contributed by atoms with van der Waals surface area (Å²) in [4.78, 5) is 33.8. The van der Waals surface area contributed by atoms with Gasteiger partial charge in [-0.15, -0.1) is 0 Å². The third-order valence-electron chi connectivity index (χ3n) is 5.10. The van der Waals surface area contributed by atoms with E-state index in [4.69, 9.17) is 22.1 Å². The van der Waals surface area contributed by atoms with Crippen LogP contribution in [0.4, 0.5) is 27.0 Å². The number of hydrogen-bond acceptors (Lipinski definition) is 6. The van der Waals surface area contributed by atoms with E-state index in [-0.39, 0.29) is 18.2 Å². The Balaban J connectivity index is 1.42. The van der Waals surface area contributed by atoms with Gasteiger partial charge >= 0.3 is 12.1 Å². The first-order chi connectivity index (χ1) is 14.0. The van der Waals surface area contributed by atoms with Crippen LogP contribution in [0.1, 0.15) is 31.2 Å². The number of ether oxygens (including phenoxy) is 1. The number of carbonyl (C=O) groups excluding carboxylic acids is 2. The summed E-state index contributed by atoms with van der Waals surface area (Å²) in [5, 5.41) is 6.60. The number of fused-ring (bicyclic) bond motifs is 1. The molecule has 10 heteroatoms. The van der Waals surface area contributed by atoms with Gasteiger partial charge < -0.3 is 15.8 Å². The first-order valence-electron chi connectivity index (χ1n) is 9.41. The zero-order valence-electron chi connectivity index (χ0n) is 15.6. The molecule has 1 aromatic carbocycles. The van der Waals surface area contributed by atoms with Gasteiger partial charge in [-0.1, -0.05) is 23.7 Å². The number of benzene rings is 1. The molecular weight excluding hydrogens is 396 g/mol. The van der Waals surface area contributed by atoms with Crippen molar-refractivity contribution < 1.29 is 14.3 Å². The molecule has 9 nitrogen and oxygen atoms in total. The standard InChI is InChI=1S/C19H21ClN6O3/c20-14-3-1-2-4-15(14)26-10-11-9-22-18(24-16(11)25-19(26)28)23-12-5-7-13(8-6-12)29-17(21)27/h1-4,9,12-13H,5-8,10H2,(H2,21,27)(H2,22,23,24,25,28). The van der Waals surface area contributed by atoms with Crippen molar-refractivity contribution in [3.63, 3.8) is 0 Å². The fourth-order valence-electron chi connectivity index (χ4n) is 3.65. The second-order valence-corrected chi connectivity index (χ2v) is 7.50. The molecule has 0 bridgehead atoms. The van der Waals surface area contributed by atoms with E-state index >= 15 is 0 Å². The number of para-hydroxylation sites is 1. The average molecular weight is 417 g/mol. The van der Waals surface area contributed by atoms with Crippen molar-refractivity contribution >= 4 is 41.2 Å². The number of primary amides is 1. The summed E-state index contributed by atoms with van der Waals surface area (Å²) in [6.07, 6.45) is 3.92. The van der Waals surface area contributed by atoms with E-state index in [2.05, 4.69) is 20.6 Å². The van der Waals surface area contributed by atoms with Gasteiger partial charge in [0, 0.05) is 17.8 Å². The summed E-state index contributed by atoms with van der Waals surface area (Å²) >= 11 is 6.22. The highest BCUT2D eigenvalue weighted by atomic mass is 35.5. The predicted octanol–water partition coefficient (Wildman–Crippen LogP) is 3.50. The van der Waals surface area contributed by atoms with Gasteiger partial charge in [-0.05, 0) is 37.8 Å². The van der Waals surface area contributed by atoms with Crippen LogP contribution in [-0.4, -0.2) is 34.2 Å². The number of hydrogen-bond donors (Lipinski definition) is 3. The first kappa shape index (κ1) is 19.3. The molecule has 1 fully saturated rings. The van der Waals surface area contributed by atoms with E-state index in [9.17, 15) is 9.59 Å². The minimum atomic E-state index is -0.735. The molecule has 2 aliphatic rings. The molecule has 29 heavy (non-hydrogen) atoms. The van der Waals surface area contributed by atoms with Crippen LogP contribution in [0.2, 0.25) is 5.02 Å². The number of amides is 3. The van der Waals surface area contributed by atoms with Gasteiger partial charge in [0.25, 0.3) is 0 Å². The number of nitrogens with two attached hydrogens (primary N) is 1. The number of halogens is 1. The number of rotatable bonds is 4. The Morgan fingerprint density at radius 3 is 2.76 bits per heavy atom. The lowest BCUT2D eigenvalue weighted by Crippen LogP contribution is -2.39. The molecule has 2 heterocycles. The van der Waals surface area contributed by atoms with Crippen molar-refractivity contribution in [2.75, 3.05) is 15.5 Å². The number of aromatic nitrogens is 2. The van der Waals surface area contributed by atoms with Crippen molar-refractivity contribution in [3.05, 3.63) is 41.0 Å². The Hall–Kier alpha value is -3.07. The Morgan fingerprint density at radius 1 is 1.28 bits per heavy atom. The van der Waals surface area contributed by atoms with Crippen LogP contribution in [0.3, 0.4) is 0 Å². The Labute approximate surface area is 172 Å². The van der Waals surface area contributed by atoms with E-state index < -0.39 is 6.09 Å².